The number of carbonyl (C=O) groups excluding carboxylic acids is 1. The second-order valence-electron chi connectivity index (χ2n) is 9.74. The molecule has 0 spiro atoms. The zero-order valence-corrected chi connectivity index (χ0v) is 22.0. The molecular weight excluding hydrogens is 515 g/mol. The minimum absolute atomic E-state index is 0.0729. The molecule has 2 heterocycles. The molecule has 1 aliphatic heterocycles. The van der Waals surface area contributed by atoms with Crippen LogP contribution in [0.15, 0.2) is 66.9 Å². The van der Waals surface area contributed by atoms with Crippen molar-refractivity contribution < 1.29 is 18.0 Å². The van der Waals surface area contributed by atoms with E-state index in [-0.39, 0.29) is 11.3 Å². The van der Waals surface area contributed by atoms with Crippen molar-refractivity contribution in [3.63, 3.8) is 0 Å². The van der Waals surface area contributed by atoms with Gasteiger partial charge in [0.1, 0.15) is 0 Å². The van der Waals surface area contributed by atoms with Crippen molar-refractivity contribution in [3.8, 4) is 11.8 Å². The van der Waals surface area contributed by atoms with Crippen LogP contribution in [0.1, 0.15) is 45.5 Å². The highest BCUT2D eigenvalue weighted by atomic mass is 19.4. The molecule has 0 saturated carbocycles. The van der Waals surface area contributed by atoms with Crippen molar-refractivity contribution in [2.75, 3.05) is 36.8 Å². The monoisotopic (exact) mass is 543 g/mol. The maximum Gasteiger partial charge on any atom is 0.416 e. The largest absolute Gasteiger partial charge is 0.416 e. The summed E-state index contributed by atoms with van der Waals surface area (Å²) in [7, 11) is 0. The maximum absolute atomic E-state index is 13.5. The van der Waals surface area contributed by atoms with Crippen molar-refractivity contribution in [1.82, 2.24) is 15.1 Å². The number of hydrogen-bond acceptors (Lipinski definition) is 5. The molecule has 0 bridgehead atoms. The van der Waals surface area contributed by atoms with Gasteiger partial charge < -0.3 is 15.5 Å². The second-order valence-corrected chi connectivity index (χ2v) is 9.74. The summed E-state index contributed by atoms with van der Waals surface area (Å²) in [6.45, 7) is 5.24. The first kappa shape index (κ1) is 27.2. The van der Waals surface area contributed by atoms with Gasteiger partial charge in [0, 0.05) is 29.6 Å². The average Bonchev–Trinajstić information content (AvgIpc) is 3.46. The van der Waals surface area contributed by atoms with Crippen molar-refractivity contribution in [1.29, 1.82) is 0 Å². The van der Waals surface area contributed by atoms with Crippen LogP contribution < -0.4 is 10.6 Å². The molecule has 1 amide bonds. The second kappa shape index (κ2) is 11.8. The summed E-state index contributed by atoms with van der Waals surface area (Å²) in [4.78, 5) is 15.5. The molecule has 5 rings (SSSR count). The van der Waals surface area contributed by atoms with Crippen LogP contribution in [0.4, 0.5) is 24.5 Å². The number of carbonyl (C=O) groups is 1. The Hall–Kier alpha value is -4.42. The van der Waals surface area contributed by atoms with E-state index in [9.17, 15) is 18.0 Å². The highest BCUT2D eigenvalue weighted by Gasteiger charge is 2.31. The van der Waals surface area contributed by atoms with E-state index in [2.05, 4.69) is 37.6 Å². The normalized spacial score (nSPS) is 13.6. The van der Waals surface area contributed by atoms with Crippen LogP contribution in [0.2, 0.25) is 0 Å². The van der Waals surface area contributed by atoms with Crippen molar-refractivity contribution >= 4 is 28.2 Å². The number of rotatable bonds is 6. The van der Waals surface area contributed by atoms with Gasteiger partial charge in [0.25, 0.3) is 5.91 Å². The van der Waals surface area contributed by atoms with Gasteiger partial charge in [0.15, 0.2) is 0 Å². The van der Waals surface area contributed by atoms with Crippen molar-refractivity contribution in [2.24, 2.45) is 0 Å². The maximum atomic E-state index is 13.5. The van der Waals surface area contributed by atoms with E-state index in [1.807, 2.05) is 31.2 Å². The number of aromatic nitrogens is 2. The van der Waals surface area contributed by atoms with Gasteiger partial charge in [-0.25, -0.2) is 0 Å². The summed E-state index contributed by atoms with van der Waals surface area (Å²) in [5, 5.41) is 14.9. The van der Waals surface area contributed by atoms with Gasteiger partial charge >= 0.3 is 6.18 Å². The first-order chi connectivity index (χ1) is 19.3. The molecule has 9 heteroatoms. The number of aryl methyl sites for hydroxylation is 1. The van der Waals surface area contributed by atoms with Crippen LogP contribution in [-0.2, 0) is 6.18 Å². The molecule has 0 atom stereocenters. The Labute approximate surface area is 230 Å². The van der Waals surface area contributed by atoms with Crippen LogP contribution in [0.5, 0.6) is 0 Å². The first-order valence-electron chi connectivity index (χ1n) is 13.1. The number of alkyl halides is 3. The predicted molar refractivity (Wildman–Crippen MR) is 150 cm³/mol. The molecule has 204 valence electrons. The van der Waals surface area contributed by atoms with Crippen LogP contribution in [0.25, 0.3) is 10.9 Å². The minimum Gasteiger partial charge on any atom is -0.382 e. The lowest BCUT2D eigenvalue weighted by Crippen LogP contribution is -2.26. The Morgan fingerprint density at radius 2 is 1.75 bits per heavy atom. The molecule has 3 aromatic carbocycles. The van der Waals surface area contributed by atoms with Crippen LogP contribution >= 0.6 is 0 Å². The highest BCUT2D eigenvalue weighted by Crippen LogP contribution is 2.34. The van der Waals surface area contributed by atoms with Crippen molar-refractivity contribution in [3.05, 3.63) is 94.7 Å². The number of fused-ring (bicyclic) bond motifs is 1. The molecular formula is C31H28F3N5O. The van der Waals surface area contributed by atoms with Crippen LogP contribution in [-0.4, -0.2) is 47.2 Å². The molecule has 1 aliphatic rings. The Kier molecular flexibility index (Phi) is 7.99. The third kappa shape index (κ3) is 6.41. The fraction of sp³-hybridized carbons (Fsp3) is 0.258. The number of amides is 1. The van der Waals surface area contributed by atoms with Crippen molar-refractivity contribution in [2.45, 2.75) is 25.9 Å². The molecule has 1 saturated heterocycles. The third-order valence-corrected chi connectivity index (χ3v) is 6.92. The molecule has 0 unspecified atom stereocenters. The topological polar surface area (TPSA) is 70.2 Å². The molecule has 0 radical (unpaired) electrons. The molecule has 1 fully saturated rings. The van der Waals surface area contributed by atoms with Gasteiger partial charge in [0.05, 0.1) is 34.2 Å². The summed E-state index contributed by atoms with van der Waals surface area (Å²) in [6, 6.07) is 15.9. The molecule has 4 aromatic rings. The molecule has 0 aliphatic carbocycles. The van der Waals surface area contributed by atoms with E-state index in [0.717, 1.165) is 61.1 Å². The third-order valence-electron chi connectivity index (χ3n) is 6.92. The lowest BCUT2D eigenvalue weighted by Gasteiger charge is -2.19. The number of nitrogens with zero attached hydrogens (tertiary/aromatic N) is 3. The summed E-state index contributed by atoms with van der Waals surface area (Å²) in [6.07, 6.45) is -0.639. The van der Waals surface area contributed by atoms with E-state index in [1.54, 1.807) is 24.4 Å². The number of benzene rings is 3. The predicted octanol–water partition coefficient (Wildman–Crippen LogP) is 6.12. The first-order valence-corrected chi connectivity index (χ1v) is 13.1. The lowest BCUT2D eigenvalue weighted by molar-refractivity contribution is -0.137. The van der Waals surface area contributed by atoms with Gasteiger partial charge in [-0.3, -0.25) is 4.79 Å². The van der Waals surface area contributed by atoms with E-state index < -0.39 is 17.6 Å². The van der Waals surface area contributed by atoms with E-state index in [0.29, 0.717) is 23.4 Å². The number of nitrogens with one attached hydrogen (secondary N) is 2. The van der Waals surface area contributed by atoms with Gasteiger partial charge in [-0.05, 0) is 74.8 Å². The van der Waals surface area contributed by atoms with Gasteiger partial charge in [-0.1, -0.05) is 36.1 Å². The minimum atomic E-state index is -4.54. The zero-order chi connectivity index (χ0) is 28.1. The Morgan fingerprint density at radius 1 is 0.975 bits per heavy atom. The van der Waals surface area contributed by atoms with E-state index in [4.69, 9.17) is 0 Å². The summed E-state index contributed by atoms with van der Waals surface area (Å²) < 4.78 is 40.4. The Bertz CT molecular complexity index is 1600. The number of likely N-dealkylation sites (tertiary alicyclic amines) is 1. The van der Waals surface area contributed by atoms with Gasteiger partial charge in [-0.15, -0.1) is 0 Å². The molecule has 1 aromatic heterocycles. The highest BCUT2D eigenvalue weighted by molar-refractivity contribution is 6.06. The van der Waals surface area contributed by atoms with Gasteiger partial charge in [-0.2, -0.15) is 23.4 Å². The van der Waals surface area contributed by atoms with E-state index >= 15 is 0 Å². The fourth-order valence-corrected chi connectivity index (χ4v) is 4.67. The molecule has 6 nitrogen and oxygen atoms in total. The lowest BCUT2D eigenvalue weighted by atomic mass is 10.0. The van der Waals surface area contributed by atoms with Crippen LogP contribution in [0.3, 0.4) is 0 Å². The number of anilines is 2. The SMILES string of the molecule is Cc1ccc(C(=O)Nc2cc(C(F)(F)F)ccc2NCCN2CCCC2)cc1C#Cc1cnnc2ccccc12. The quantitative estimate of drug-likeness (QED) is 0.287. The zero-order valence-electron chi connectivity index (χ0n) is 22.0. The summed E-state index contributed by atoms with van der Waals surface area (Å²) in [5.74, 6) is 5.70. The molecule has 40 heavy (non-hydrogen) atoms. The summed E-state index contributed by atoms with van der Waals surface area (Å²) in [5.41, 5.74) is 2.88. The number of halogens is 3. The fourth-order valence-electron chi connectivity index (χ4n) is 4.67. The number of hydrogen-bond donors (Lipinski definition) is 2. The van der Waals surface area contributed by atoms with E-state index in [1.165, 1.54) is 6.07 Å². The standard InChI is InChI=1S/C31H28F3N5O/c1-21-8-9-23(18-22(21)10-11-24-20-36-38-27-7-3-2-6-26(24)27)30(40)37-29-19-25(31(32,33)34)12-13-28(29)35-14-17-39-15-4-5-16-39/h2-3,6-9,12-13,18-20,35H,4-5,14-17H2,1H3,(H,37,40). The Balaban J connectivity index is 1.38. The molecule has 2 N–H and O–H groups in total. The smallest absolute Gasteiger partial charge is 0.382 e. The summed E-state index contributed by atoms with van der Waals surface area (Å²) >= 11 is 0. The van der Waals surface area contributed by atoms with Gasteiger partial charge in [0.2, 0.25) is 0 Å². The van der Waals surface area contributed by atoms with Crippen LogP contribution in [0, 0.1) is 18.8 Å². The average molecular weight is 544 g/mol. The Morgan fingerprint density at radius 3 is 2.55 bits per heavy atom.